The number of unbranched alkanes of at least 4 members (excludes halogenated alkanes) is 1. The van der Waals surface area contributed by atoms with Gasteiger partial charge in [-0.15, -0.1) is 0 Å². The Kier molecular flexibility index (Phi) is 5.71. The van der Waals surface area contributed by atoms with Crippen molar-refractivity contribution in [1.29, 1.82) is 0 Å². The average Bonchev–Trinajstić information content (AvgIpc) is 2.29. The van der Waals surface area contributed by atoms with Crippen LogP contribution >= 0.6 is 11.8 Å². The summed E-state index contributed by atoms with van der Waals surface area (Å²) in [5, 5.41) is 2.83. The fourth-order valence-corrected chi connectivity index (χ4v) is 1.76. The van der Waals surface area contributed by atoms with Gasteiger partial charge in [-0.1, -0.05) is 0 Å². The van der Waals surface area contributed by atoms with Gasteiger partial charge in [0.2, 0.25) is 0 Å². The molecule has 0 aliphatic rings. The smallest absolute Gasteiger partial charge is 0.254 e. The van der Waals surface area contributed by atoms with Crippen molar-refractivity contribution in [2.75, 3.05) is 24.3 Å². The second kappa shape index (κ2) is 7.11. The van der Waals surface area contributed by atoms with Gasteiger partial charge in [0.1, 0.15) is 0 Å². The Labute approximate surface area is 100 Å². The largest absolute Gasteiger partial charge is 0.398 e. The number of amides is 1. The number of nitrogens with two attached hydrogens (primary N) is 1. The molecule has 0 unspecified atom stereocenters. The quantitative estimate of drug-likeness (QED) is 0.739. The van der Waals surface area contributed by atoms with E-state index in [2.05, 4.69) is 16.6 Å². The zero-order chi connectivity index (χ0) is 11.8. The van der Waals surface area contributed by atoms with E-state index in [-0.39, 0.29) is 5.91 Å². The van der Waals surface area contributed by atoms with Crippen molar-refractivity contribution in [3.8, 4) is 0 Å². The Morgan fingerprint density at radius 3 is 3.06 bits per heavy atom. The topological polar surface area (TPSA) is 68.0 Å². The number of thioether (sulfide) groups is 1. The molecule has 16 heavy (non-hydrogen) atoms. The maximum atomic E-state index is 11.7. The van der Waals surface area contributed by atoms with Crippen LogP contribution in [-0.2, 0) is 0 Å². The van der Waals surface area contributed by atoms with Gasteiger partial charge in [-0.25, -0.2) is 0 Å². The van der Waals surface area contributed by atoms with Crippen LogP contribution in [0, 0.1) is 0 Å². The summed E-state index contributed by atoms with van der Waals surface area (Å²) in [6.45, 7) is 0.688. The van der Waals surface area contributed by atoms with Gasteiger partial charge in [-0.3, -0.25) is 9.78 Å². The molecular formula is C11H17N3OS. The van der Waals surface area contributed by atoms with Crippen LogP contribution in [-0.4, -0.2) is 29.4 Å². The van der Waals surface area contributed by atoms with Crippen LogP contribution in [0.3, 0.4) is 0 Å². The molecule has 1 aromatic heterocycles. The molecule has 0 aliphatic carbocycles. The SMILES string of the molecule is CSCCCCNC(=O)c1cnccc1N. The lowest BCUT2D eigenvalue weighted by Gasteiger charge is -2.06. The fraction of sp³-hybridized carbons (Fsp3) is 0.455. The molecule has 0 aliphatic heterocycles. The Hall–Kier alpha value is -1.23. The summed E-state index contributed by atoms with van der Waals surface area (Å²) in [7, 11) is 0. The number of nitrogen functional groups attached to an aromatic ring is 1. The summed E-state index contributed by atoms with van der Waals surface area (Å²) in [5.41, 5.74) is 6.59. The van der Waals surface area contributed by atoms with Crippen molar-refractivity contribution in [2.45, 2.75) is 12.8 Å². The Bertz CT molecular complexity index is 344. The van der Waals surface area contributed by atoms with Gasteiger partial charge in [0.05, 0.1) is 5.56 Å². The Morgan fingerprint density at radius 1 is 1.56 bits per heavy atom. The highest BCUT2D eigenvalue weighted by molar-refractivity contribution is 7.98. The van der Waals surface area contributed by atoms with E-state index in [1.807, 2.05) is 11.8 Å². The van der Waals surface area contributed by atoms with Crippen LogP contribution < -0.4 is 11.1 Å². The van der Waals surface area contributed by atoms with E-state index in [1.54, 1.807) is 12.3 Å². The van der Waals surface area contributed by atoms with Crippen LogP contribution in [0.15, 0.2) is 18.5 Å². The average molecular weight is 239 g/mol. The van der Waals surface area contributed by atoms with Gasteiger partial charge in [-0.2, -0.15) is 11.8 Å². The highest BCUT2D eigenvalue weighted by Crippen LogP contribution is 2.08. The molecule has 88 valence electrons. The van der Waals surface area contributed by atoms with Gasteiger partial charge in [0.25, 0.3) is 5.91 Å². The summed E-state index contributed by atoms with van der Waals surface area (Å²) >= 11 is 1.82. The lowest BCUT2D eigenvalue weighted by molar-refractivity contribution is 0.0953. The molecule has 1 aromatic rings. The molecule has 0 radical (unpaired) electrons. The minimum absolute atomic E-state index is 0.144. The Balaban J connectivity index is 2.33. The van der Waals surface area contributed by atoms with E-state index < -0.39 is 0 Å². The summed E-state index contributed by atoms with van der Waals surface area (Å²) in [4.78, 5) is 15.5. The number of nitrogens with one attached hydrogen (secondary N) is 1. The Morgan fingerprint density at radius 2 is 2.38 bits per heavy atom. The van der Waals surface area contributed by atoms with Crippen LogP contribution in [0.1, 0.15) is 23.2 Å². The number of hydrogen-bond acceptors (Lipinski definition) is 4. The molecular weight excluding hydrogens is 222 g/mol. The molecule has 0 saturated heterocycles. The van der Waals surface area contributed by atoms with Gasteiger partial charge >= 0.3 is 0 Å². The van der Waals surface area contributed by atoms with Crippen LogP contribution in [0.2, 0.25) is 0 Å². The van der Waals surface area contributed by atoms with Crippen LogP contribution in [0.4, 0.5) is 5.69 Å². The summed E-state index contributed by atoms with van der Waals surface area (Å²) < 4.78 is 0. The summed E-state index contributed by atoms with van der Waals surface area (Å²) in [6.07, 6.45) is 7.25. The van der Waals surface area contributed by atoms with Gasteiger partial charge in [0, 0.05) is 24.6 Å². The number of carbonyl (C=O) groups is 1. The lowest BCUT2D eigenvalue weighted by Crippen LogP contribution is -2.25. The molecule has 3 N–H and O–H groups in total. The van der Waals surface area contributed by atoms with E-state index >= 15 is 0 Å². The minimum Gasteiger partial charge on any atom is -0.398 e. The normalized spacial score (nSPS) is 10.1. The summed E-state index contributed by atoms with van der Waals surface area (Å²) in [5.74, 6) is 0.986. The standard InChI is InChI=1S/C11H17N3OS/c1-16-7-3-2-5-14-11(15)9-8-13-6-4-10(9)12/h4,6,8H,2-3,5,7H2,1H3,(H2,12,13)(H,14,15). The molecule has 0 saturated carbocycles. The van der Waals surface area contributed by atoms with E-state index in [1.165, 1.54) is 6.20 Å². The van der Waals surface area contributed by atoms with Gasteiger partial charge in [0.15, 0.2) is 0 Å². The highest BCUT2D eigenvalue weighted by Gasteiger charge is 2.07. The first-order chi connectivity index (χ1) is 7.75. The number of hydrogen-bond donors (Lipinski definition) is 2. The number of aromatic nitrogens is 1. The second-order valence-corrected chi connectivity index (χ2v) is 4.40. The predicted molar refractivity (Wildman–Crippen MR) is 68.6 cm³/mol. The third-order valence-electron chi connectivity index (χ3n) is 2.16. The molecule has 0 atom stereocenters. The van der Waals surface area contributed by atoms with Crippen LogP contribution in [0.25, 0.3) is 0 Å². The predicted octanol–water partition coefficient (Wildman–Crippen LogP) is 1.54. The molecule has 1 heterocycles. The maximum absolute atomic E-state index is 11.7. The molecule has 4 nitrogen and oxygen atoms in total. The molecule has 0 aromatic carbocycles. The third kappa shape index (κ3) is 4.10. The zero-order valence-corrected chi connectivity index (χ0v) is 10.2. The number of anilines is 1. The van der Waals surface area contributed by atoms with E-state index in [0.717, 1.165) is 18.6 Å². The molecule has 0 spiro atoms. The maximum Gasteiger partial charge on any atom is 0.254 e. The molecule has 0 bridgehead atoms. The van der Waals surface area contributed by atoms with Gasteiger partial charge < -0.3 is 11.1 Å². The van der Waals surface area contributed by atoms with Crippen LogP contribution in [0.5, 0.6) is 0 Å². The fourth-order valence-electron chi connectivity index (χ4n) is 1.26. The number of nitrogens with zero attached hydrogens (tertiary/aromatic N) is 1. The molecule has 5 heteroatoms. The van der Waals surface area contributed by atoms with Crippen molar-refractivity contribution in [3.63, 3.8) is 0 Å². The van der Waals surface area contributed by atoms with Crippen molar-refractivity contribution in [3.05, 3.63) is 24.0 Å². The van der Waals surface area contributed by atoms with Crippen molar-refractivity contribution >= 4 is 23.4 Å². The van der Waals surface area contributed by atoms with E-state index in [0.29, 0.717) is 17.8 Å². The van der Waals surface area contributed by atoms with Crippen molar-refractivity contribution in [1.82, 2.24) is 10.3 Å². The highest BCUT2D eigenvalue weighted by atomic mass is 32.2. The lowest BCUT2D eigenvalue weighted by atomic mass is 10.2. The van der Waals surface area contributed by atoms with Crippen molar-refractivity contribution < 1.29 is 4.79 Å². The first-order valence-electron chi connectivity index (χ1n) is 5.22. The minimum atomic E-state index is -0.144. The van der Waals surface area contributed by atoms with E-state index in [9.17, 15) is 4.79 Å². The first-order valence-corrected chi connectivity index (χ1v) is 6.61. The van der Waals surface area contributed by atoms with E-state index in [4.69, 9.17) is 5.73 Å². The number of pyridine rings is 1. The molecule has 1 rings (SSSR count). The van der Waals surface area contributed by atoms with Gasteiger partial charge in [-0.05, 0) is 30.9 Å². The molecule has 1 amide bonds. The third-order valence-corrected chi connectivity index (χ3v) is 2.86. The zero-order valence-electron chi connectivity index (χ0n) is 9.40. The second-order valence-electron chi connectivity index (χ2n) is 3.42. The number of rotatable bonds is 6. The number of carbonyl (C=O) groups excluding carboxylic acids is 1. The summed E-state index contributed by atoms with van der Waals surface area (Å²) in [6, 6.07) is 1.63. The monoisotopic (exact) mass is 239 g/mol. The first kappa shape index (κ1) is 12.8. The van der Waals surface area contributed by atoms with Crippen molar-refractivity contribution in [2.24, 2.45) is 0 Å². The molecule has 0 fully saturated rings.